The normalized spacial score (nSPS) is 19.0. The van der Waals surface area contributed by atoms with Crippen LogP contribution in [0.2, 0.25) is 0 Å². The van der Waals surface area contributed by atoms with Crippen molar-refractivity contribution in [3.8, 4) is 0 Å². The molecule has 6 heteroatoms. The Balaban J connectivity index is 1.49. The van der Waals surface area contributed by atoms with Crippen molar-refractivity contribution >= 4 is 16.8 Å². The van der Waals surface area contributed by atoms with Crippen molar-refractivity contribution in [1.29, 1.82) is 0 Å². The second-order valence-electron chi connectivity index (χ2n) is 7.68. The molecule has 1 aromatic carbocycles. The van der Waals surface area contributed by atoms with Gasteiger partial charge in [-0.15, -0.1) is 0 Å². The minimum atomic E-state index is -0.134. The predicted molar refractivity (Wildman–Crippen MR) is 103 cm³/mol. The van der Waals surface area contributed by atoms with E-state index in [1.165, 1.54) is 22.8 Å². The number of aromatic amines is 2. The molecule has 0 radical (unpaired) electrons. The summed E-state index contributed by atoms with van der Waals surface area (Å²) in [4.78, 5) is 37.6. The highest BCUT2D eigenvalue weighted by molar-refractivity contribution is 5.91. The predicted octanol–water partition coefficient (Wildman–Crippen LogP) is 2.56. The monoisotopic (exact) mass is 362 g/mol. The number of fused-ring (bicyclic) bond motifs is 4. The Bertz CT molecular complexity index is 1110. The molecule has 27 heavy (non-hydrogen) atoms. The van der Waals surface area contributed by atoms with E-state index in [0.29, 0.717) is 25.1 Å². The molecule has 6 nitrogen and oxygen atoms in total. The van der Waals surface area contributed by atoms with Gasteiger partial charge >= 0.3 is 0 Å². The van der Waals surface area contributed by atoms with Gasteiger partial charge in [0.2, 0.25) is 5.91 Å². The third kappa shape index (κ3) is 2.59. The van der Waals surface area contributed by atoms with E-state index >= 15 is 0 Å². The fourth-order valence-corrected chi connectivity index (χ4v) is 4.60. The summed E-state index contributed by atoms with van der Waals surface area (Å²) < 4.78 is 0. The third-order valence-corrected chi connectivity index (χ3v) is 5.98. The van der Waals surface area contributed by atoms with E-state index in [1.807, 2.05) is 4.90 Å². The standard InChI is InChI=1S/C21H22N4O2/c1-12-5-6-17-16(9-12)13-3-2-4-15(19(13)24-17)21(27)25-8-7-14-18(10-25)22-11-23-20(14)26/h5-6,9,11,15,24H,2-4,7-8,10H2,1H3,(H,22,23,26)/t15-/m0/s1. The van der Waals surface area contributed by atoms with Crippen molar-refractivity contribution in [2.24, 2.45) is 0 Å². The number of hydrogen-bond acceptors (Lipinski definition) is 3. The van der Waals surface area contributed by atoms with Gasteiger partial charge in [0.05, 0.1) is 24.5 Å². The topological polar surface area (TPSA) is 81.8 Å². The Morgan fingerprint density at radius 1 is 1.26 bits per heavy atom. The SMILES string of the molecule is Cc1ccc2[nH]c3c(c2c1)CCC[C@@H]3C(=O)N1CCc2c(nc[nH]c2=O)C1. The van der Waals surface area contributed by atoms with Gasteiger partial charge in [-0.3, -0.25) is 9.59 Å². The van der Waals surface area contributed by atoms with Crippen LogP contribution in [0, 0.1) is 6.92 Å². The summed E-state index contributed by atoms with van der Waals surface area (Å²) >= 11 is 0. The first-order valence-corrected chi connectivity index (χ1v) is 9.57. The molecule has 138 valence electrons. The highest BCUT2D eigenvalue weighted by Crippen LogP contribution is 2.37. The highest BCUT2D eigenvalue weighted by Gasteiger charge is 2.34. The van der Waals surface area contributed by atoms with Crippen molar-refractivity contribution in [2.75, 3.05) is 6.54 Å². The van der Waals surface area contributed by atoms with Gasteiger partial charge in [0, 0.05) is 28.7 Å². The molecule has 3 heterocycles. The van der Waals surface area contributed by atoms with Crippen LogP contribution < -0.4 is 5.56 Å². The summed E-state index contributed by atoms with van der Waals surface area (Å²) in [5.41, 5.74) is 6.08. The van der Waals surface area contributed by atoms with E-state index in [0.717, 1.165) is 36.2 Å². The van der Waals surface area contributed by atoms with Gasteiger partial charge < -0.3 is 14.9 Å². The first-order valence-electron chi connectivity index (χ1n) is 9.57. The lowest BCUT2D eigenvalue weighted by molar-refractivity contribution is -0.134. The minimum absolute atomic E-state index is 0.0851. The molecular formula is C21H22N4O2. The van der Waals surface area contributed by atoms with E-state index in [2.05, 4.69) is 40.1 Å². The van der Waals surface area contributed by atoms with Crippen LogP contribution >= 0.6 is 0 Å². The van der Waals surface area contributed by atoms with Crippen LogP contribution in [0.4, 0.5) is 0 Å². The Morgan fingerprint density at radius 3 is 3.04 bits per heavy atom. The number of aryl methyl sites for hydroxylation is 2. The molecule has 0 bridgehead atoms. The van der Waals surface area contributed by atoms with Crippen molar-refractivity contribution < 1.29 is 4.79 Å². The summed E-state index contributed by atoms with van der Waals surface area (Å²) in [5.74, 6) is 0.0111. The molecule has 0 unspecified atom stereocenters. The summed E-state index contributed by atoms with van der Waals surface area (Å²) in [7, 11) is 0. The number of rotatable bonds is 1. The molecule has 0 saturated heterocycles. The molecule has 1 aliphatic heterocycles. The Hall–Kier alpha value is -2.89. The Morgan fingerprint density at radius 2 is 2.15 bits per heavy atom. The number of nitrogens with zero attached hydrogens (tertiary/aromatic N) is 2. The first-order chi connectivity index (χ1) is 13.1. The van der Waals surface area contributed by atoms with Gasteiger partial charge in [-0.05, 0) is 50.3 Å². The molecular weight excluding hydrogens is 340 g/mol. The molecule has 2 N–H and O–H groups in total. The van der Waals surface area contributed by atoms with Crippen molar-refractivity contribution in [3.63, 3.8) is 0 Å². The van der Waals surface area contributed by atoms with E-state index < -0.39 is 0 Å². The number of H-pyrrole nitrogens is 2. The highest BCUT2D eigenvalue weighted by atomic mass is 16.2. The summed E-state index contributed by atoms with van der Waals surface area (Å²) in [6.07, 6.45) is 4.89. The molecule has 1 amide bonds. The van der Waals surface area contributed by atoms with E-state index in [1.54, 1.807) is 0 Å². The number of benzene rings is 1. The lowest BCUT2D eigenvalue weighted by atomic mass is 9.85. The second kappa shape index (κ2) is 6.08. The number of carbonyl (C=O) groups is 1. The zero-order chi connectivity index (χ0) is 18.5. The van der Waals surface area contributed by atoms with Gasteiger partial charge in [0.25, 0.3) is 5.56 Å². The lowest BCUT2D eigenvalue weighted by Gasteiger charge is -2.32. The van der Waals surface area contributed by atoms with Gasteiger partial charge in [0.15, 0.2) is 0 Å². The number of nitrogens with one attached hydrogen (secondary N) is 2. The van der Waals surface area contributed by atoms with Crippen LogP contribution in [0.25, 0.3) is 10.9 Å². The smallest absolute Gasteiger partial charge is 0.254 e. The van der Waals surface area contributed by atoms with Crippen molar-refractivity contribution in [2.45, 2.75) is 45.1 Å². The minimum Gasteiger partial charge on any atom is -0.357 e. The van der Waals surface area contributed by atoms with Gasteiger partial charge in [-0.1, -0.05) is 11.6 Å². The van der Waals surface area contributed by atoms with E-state index in [4.69, 9.17) is 0 Å². The zero-order valence-electron chi connectivity index (χ0n) is 15.3. The van der Waals surface area contributed by atoms with Gasteiger partial charge in [-0.25, -0.2) is 4.98 Å². The fraction of sp³-hybridized carbons (Fsp3) is 0.381. The average Bonchev–Trinajstić information content (AvgIpc) is 3.05. The fourth-order valence-electron chi connectivity index (χ4n) is 4.60. The average molecular weight is 362 g/mol. The molecule has 0 saturated carbocycles. The summed E-state index contributed by atoms with van der Waals surface area (Å²) in [6, 6.07) is 6.43. The largest absolute Gasteiger partial charge is 0.357 e. The Kier molecular flexibility index (Phi) is 3.67. The molecule has 2 aliphatic rings. The third-order valence-electron chi connectivity index (χ3n) is 5.98. The molecule has 1 aliphatic carbocycles. The molecule has 3 aromatic rings. The molecule has 0 fully saturated rings. The Labute approximate surface area is 156 Å². The maximum absolute atomic E-state index is 13.3. The van der Waals surface area contributed by atoms with E-state index in [9.17, 15) is 9.59 Å². The molecule has 0 spiro atoms. The first kappa shape index (κ1) is 16.3. The summed E-state index contributed by atoms with van der Waals surface area (Å²) in [5, 5.41) is 1.25. The zero-order valence-corrected chi connectivity index (χ0v) is 15.3. The maximum atomic E-state index is 13.3. The second-order valence-corrected chi connectivity index (χ2v) is 7.68. The molecule has 2 aromatic heterocycles. The number of carbonyl (C=O) groups excluding carboxylic acids is 1. The van der Waals surface area contributed by atoms with Crippen LogP contribution in [0.15, 0.2) is 29.3 Å². The number of aromatic nitrogens is 3. The van der Waals surface area contributed by atoms with Crippen LogP contribution in [0.3, 0.4) is 0 Å². The summed E-state index contributed by atoms with van der Waals surface area (Å²) in [6.45, 7) is 3.10. The number of amides is 1. The maximum Gasteiger partial charge on any atom is 0.254 e. The van der Waals surface area contributed by atoms with Crippen LogP contribution in [-0.4, -0.2) is 32.3 Å². The van der Waals surface area contributed by atoms with Crippen LogP contribution in [0.5, 0.6) is 0 Å². The molecule has 5 rings (SSSR count). The molecule has 1 atom stereocenters. The number of hydrogen-bond donors (Lipinski definition) is 2. The van der Waals surface area contributed by atoms with Crippen LogP contribution in [-0.2, 0) is 24.2 Å². The quantitative estimate of drug-likeness (QED) is 0.698. The van der Waals surface area contributed by atoms with Gasteiger partial charge in [-0.2, -0.15) is 0 Å². The van der Waals surface area contributed by atoms with Gasteiger partial charge in [0.1, 0.15) is 0 Å². The lowest BCUT2D eigenvalue weighted by Crippen LogP contribution is -2.42. The van der Waals surface area contributed by atoms with Crippen molar-refractivity contribution in [1.82, 2.24) is 19.9 Å². The van der Waals surface area contributed by atoms with Crippen molar-refractivity contribution in [3.05, 3.63) is 63.0 Å². The van der Waals surface area contributed by atoms with E-state index in [-0.39, 0.29) is 17.4 Å². The van der Waals surface area contributed by atoms with Crippen LogP contribution in [0.1, 0.15) is 46.8 Å².